The van der Waals surface area contributed by atoms with E-state index in [0.717, 1.165) is 10.2 Å². The van der Waals surface area contributed by atoms with E-state index in [4.69, 9.17) is 21.1 Å². The second-order valence-electron chi connectivity index (χ2n) is 4.39. The number of hydrogen-bond acceptors (Lipinski definition) is 2. The lowest BCUT2D eigenvalue weighted by Gasteiger charge is -2.06. The minimum absolute atomic E-state index is 0.130. The van der Waals surface area contributed by atoms with Crippen LogP contribution >= 0.6 is 27.5 Å². The van der Waals surface area contributed by atoms with Crippen LogP contribution in [-0.2, 0) is 4.74 Å². The Morgan fingerprint density at radius 3 is 2.68 bits per heavy atom. The van der Waals surface area contributed by atoms with Crippen molar-refractivity contribution in [1.82, 2.24) is 0 Å². The second-order valence-corrected chi connectivity index (χ2v) is 5.68. The monoisotopic (exact) mass is 338 g/mol. The van der Waals surface area contributed by atoms with Crippen LogP contribution in [0.25, 0.3) is 0 Å². The Morgan fingerprint density at radius 2 is 1.95 bits per heavy atom. The predicted molar refractivity (Wildman–Crippen MR) is 78.7 cm³/mol. The molecule has 1 aliphatic heterocycles. The lowest BCUT2D eigenvalue weighted by atomic mass is 10.1. The van der Waals surface area contributed by atoms with Gasteiger partial charge < -0.3 is 9.47 Å². The summed E-state index contributed by atoms with van der Waals surface area (Å²) in [6.45, 7) is 0.541. The Morgan fingerprint density at radius 1 is 1.16 bits per heavy atom. The van der Waals surface area contributed by atoms with E-state index in [2.05, 4.69) is 28.1 Å². The zero-order chi connectivity index (χ0) is 13.2. The average Bonchev–Trinajstić information content (AvgIpc) is 3.18. The van der Waals surface area contributed by atoms with Gasteiger partial charge in [-0.15, -0.1) is 0 Å². The summed E-state index contributed by atoms with van der Waals surface area (Å²) in [4.78, 5) is 0. The first kappa shape index (κ1) is 13.0. The number of epoxide rings is 1. The standard InChI is InChI=1S/C15H12BrClO2/c16-12-8-11(17)6-7-13(12)18-9-14-15(19-14)10-4-2-1-3-5-10/h1-8,14-15H,9H2. The molecule has 0 aliphatic carbocycles. The van der Waals surface area contributed by atoms with Crippen molar-refractivity contribution in [3.8, 4) is 5.75 Å². The van der Waals surface area contributed by atoms with Crippen molar-refractivity contribution in [3.63, 3.8) is 0 Å². The summed E-state index contributed by atoms with van der Waals surface area (Å²) in [6, 6.07) is 15.7. The van der Waals surface area contributed by atoms with Gasteiger partial charge in [0.15, 0.2) is 0 Å². The first-order valence-corrected chi connectivity index (χ1v) is 7.19. The van der Waals surface area contributed by atoms with E-state index in [0.29, 0.717) is 11.6 Å². The van der Waals surface area contributed by atoms with Gasteiger partial charge in [0.2, 0.25) is 0 Å². The first-order chi connectivity index (χ1) is 9.24. The second kappa shape index (κ2) is 5.53. The SMILES string of the molecule is Clc1ccc(OCC2OC2c2ccccc2)c(Br)c1. The molecule has 0 aromatic heterocycles. The van der Waals surface area contributed by atoms with Gasteiger partial charge >= 0.3 is 0 Å². The number of hydrogen-bond donors (Lipinski definition) is 0. The number of benzene rings is 2. The van der Waals surface area contributed by atoms with Gasteiger partial charge in [0, 0.05) is 5.02 Å². The van der Waals surface area contributed by atoms with Crippen LogP contribution < -0.4 is 4.74 Å². The fraction of sp³-hybridized carbons (Fsp3) is 0.200. The van der Waals surface area contributed by atoms with Gasteiger partial charge in [-0.1, -0.05) is 41.9 Å². The molecule has 2 atom stereocenters. The van der Waals surface area contributed by atoms with Crippen LogP contribution in [0.1, 0.15) is 11.7 Å². The fourth-order valence-corrected chi connectivity index (χ4v) is 2.77. The molecule has 0 amide bonds. The largest absolute Gasteiger partial charge is 0.490 e. The summed E-state index contributed by atoms with van der Waals surface area (Å²) < 4.78 is 12.2. The van der Waals surface area contributed by atoms with Crippen LogP contribution in [-0.4, -0.2) is 12.7 Å². The van der Waals surface area contributed by atoms with Gasteiger partial charge in [0.25, 0.3) is 0 Å². The highest BCUT2D eigenvalue weighted by Gasteiger charge is 2.40. The minimum Gasteiger partial charge on any atom is -0.490 e. The molecular weight excluding hydrogens is 328 g/mol. The highest BCUT2D eigenvalue weighted by Crippen LogP contribution is 2.39. The van der Waals surface area contributed by atoms with Crippen molar-refractivity contribution in [2.75, 3.05) is 6.61 Å². The van der Waals surface area contributed by atoms with Crippen LogP contribution in [0.15, 0.2) is 53.0 Å². The molecule has 0 radical (unpaired) electrons. The van der Waals surface area contributed by atoms with Gasteiger partial charge in [-0.3, -0.25) is 0 Å². The van der Waals surface area contributed by atoms with E-state index in [1.54, 1.807) is 0 Å². The number of rotatable bonds is 4. The fourth-order valence-electron chi connectivity index (χ4n) is 1.97. The van der Waals surface area contributed by atoms with Crippen LogP contribution in [0, 0.1) is 0 Å². The van der Waals surface area contributed by atoms with Crippen molar-refractivity contribution in [2.24, 2.45) is 0 Å². The van der Waals surface area contributed by atoms with E-state index in [1.807, 2.05) is 36.4 Å². The summed E-state index contributed by atoms with van der Waals surface area (Å²) in [7, 11) is 0. The average molecular weight is 340 g/mol. The van der Waals surface area contributed by atoms with E-state index < -0.39 is 0 Å². The smallest absolute Gasteiger partial charge is 0.133 e. The molecule has 19 heavy (non-hydrogen) atoms. The molecule has 0 bridgehead atoms. The van der Waals surface area contributed by atoms with Crippen molar-refractivity contribution in [3.05, 3.63) is 63.6 Å². The lowest BCUT2D eigenvalue weighted by Crippen LogP contribution is -2.05. The molecule has 0 saturated carbocycles. The van der Waals surface area contributed by atoms with Crippen molar-refractivity contribution < 1.29 is 9.47 Å². The van der Waals surface area contributed by atoms with Crippen LogP contribution in [0.4, 0.5) is 0 Å². The quantitative estimate of drug-likeness (QED) is 0.758. The van der Waals surface area contributed by atoms with Crippen LogP contribution in [0.5, 0.6) is 5.75 Å². The van der Waals surface area contributed by atoms with Gasteiger partial charge in [-0.2, -0.15) is 0 Å². The molecule has 1 fully saturated rings. The van der Waals surface area contributed by atoms with Crippen molar-refractivity contribution >= 4 is 27.5 Å². The molecule has 2 aromatic rings. The minimum atomic E-state index is 0.130. The lowest BCUT2D eigenvalue weighted by molar-refractivity contribution is 0.259. The third-order valence-electron chi connectivity index (χ3n) is 3.01. The molecule has 1 saturated heterocycles. The molecule has 1 aliphatic rings. The number of halogens is 2. The Bertz CT molecular complexity index is 574. The van der Waals surface area contributed by atoms with Crippen molar-refractivity contribution in [1.29, 1.82) is 0 Å². The number of ether oxygens (including phenoxy) is 2. The maximum atomic E-state index is 5.88. The Kier molecular flexibility index (Phi) is 3.78. The van der Waals surface area contributed by atoms with Gasteiger partial charge in [0.1, 0.15) is 24.6 Å². The topological polar surface area (TPSA) is 21.8 Å². The van der Waals surface area contributed by atoms with Gasteiger partial charge in [-0.25, -0.2) is 0 Å². The molecule has 0 spiro atoms. The molecule has 98 valence electrons. The zero-order valence-corrected chi connectivity index (χ0v) is 12.4. The summed E-state index contributed by atoms with van der Waals surface area (Å²) in [6.07, 6.45) is 0.289. The molecule has 2 aromatic carbocycles. The van der Waals surface area contributed by atoms with E-state index in [-0.39, 0.29) is 12.2 Å². The highest BCUT2D eigenvalue weighted by atomic mass is 79.9. The first-order valence-electron chi connectivity index (χ1n) is 6.02. The Labute approximate surface area is 125 Å². The van der Waals surface area contributed by atoms with Crippen molar-refractivity contribution in [2.45, 2.75) is 12.2 Å². The van der Waals surface area contributed by atoms with Gasteiger partial charge in [0.05, 0.1) is 4.47 Å². The molecular formula is C15H12BrClO2. The highest BCUT2D eigenvalue weighted by molar-refractivity contribution is 9.10. The Hall–Kier alpha value is -1.03. The van der Waals surface area contributed by atoms with E-state index in [1.165, 1.54) is 5.56 Å². The molecule has 2 nitrogen and oxygen atoms in total. The molecule has 2 unspecified atom stereocenters. The maximum absolute atomic E-state index is 5.88. The molecule has 0 N–H and O–H groups in total. The third-order valence-corrected chi connectivity index (χ3v) is 3.86. The van der Waals surface area contributed by atoms with Gasteiger partial charge in [-0.05, 0) is 39.7 Å². The van der Waals surface area contributed by atoms with E-state index >= 15 is 0 Å². The molecule has 3 rings (SSSR count). The summed E-state index contributed by atoms with van der Waals surface area (Å²) in [5.41, 5.74) is 1.20. The van der Waals surface area contributed by atoms with E-state index in [9.17, 15) is 0 Å². The third kappa shape index (κ3) is 3.11. The molecule has 4 heteroatoms. The zero-order valence-electron chi connectivity index (χ0n) is 10.1. The van der Waals surface area contributed by atoms with Crippen LogP contribution in [0.3, 0.4) is 0 Å². The Balaban J connectivity index is 1.57. The normalized spacial score (nSPS) is 21.2. The maximum Gasteiger partial charge on any atom is 0.133 e. The van der Waals surface area contributed by atoms with Crippen LogP contribution in [0.2, 0.25) is 5.02 Å². The summed E-state index contributed by atoms with van der Waals surface area (Å²) in [5.74, 6) is 0.784. The summed E-state index contributed by atoms with van der Waals surface area (Å²) in [5, 5.41) is 0.684. The predicted octanol–water partition coefficient (Wildman–Crippen LogP) is 4.62. The molecule has 1 heterocycles. The summed E-state index contributed by atoms with van der Waals surface area (Å²) >= 11 is 9.31.